The molecule has 0 atom stereocenters. The van der Waals surface area contributed by atoms with Gasteiger partial charge in [-0.15, -0.1) is 5.10 Å². The number of nitrogens with zero attached hydrogens (tertiary/aromatic N) is 3. The van der Waals surface area contributed by atoms with Gasteiger partial charge in [-0.25, -0.2) is 4.98 Å². The number of thiazole rings is 1. The molecular weight excluding hydrogens is 388 g/mol. The minimum absolute atomic E-state index is 0.141. The number of aryl methyl sites for hydroxylation is 2. The first-order valence-corrected chi connectivity index (χ1v) is 9.77. The molecule has 2 aromatic carbocycles. The highest BCUT2D eigenvalue weighted by Crippen LogP contribution is 2.19. The van der Waals surface area contributed by atoms with E-state index in [4.69, 9.17) is 4.74 Å². The molecule has 0 fully saturated rings. The molecular formula is C21H18N4O3S. The largest absolute Gasteiger partial charge is 0.483 e. The van der Waals surface area contributed by atoms with E-state index in [-0.39, 0.29) is 18.1 Å². The number of amides is 1. The highest BCUT2D eigenvalue weighted by atomic mass is 32.1. The molecule has 0 aliphatic carbocycles. The lowest BCUT2D eigenvalue weighted by Gasteiger charge is -2.09. The third-order valence-electron chi connectivity index (χ3n) is 4.19. The second kappa shape index (κ2) is 7.84. The predicted molar refractivity (Wildman–Crippen MR) is 112 cm³/mol. The number of hydrogen-bond donors (Lipinski definition) is 1. The molecule has 0 unspecified atom stereocenters. The number of anilines is 1. The van der Waals surface area contributed by atoms with Crippen molar-refractivity contribution in [3.63, 3.8) is 0 Å². The minimum Gasteiger partial charge on any atom is -0.483 e. The molecule has 146 valence electrons. The number of nitrogens with one attached hydrogen (secondary N) is 1. The number of ether oxygens (including phenoxy) is 1. The zero-order chi connectivity index (χ0) is 20.4. The van der Waals surface area contributed by atoms with Gasteiger partial charge in [-0.3, -0.25) is 9.59 Å². The lowest BCUT2D eigenvalue weighted by molar-refractivity contribution is -0.118. The topological polar surface area (TPSA) is 85.6 Å². The van der Waals surface area contributed by atoms with Crippen molar-refractivity contribution in [2.45, 2.75) is 13.8 Å². The number of para-hydroxylation sites is 1. The standard InChI is InChI=1S/C21H18N4O3S/c1-13-7-9-16(10-8-13)23-19(26)12-28-17-6-4-3-5-15(17)11-18-20(27)25-21(29-18)22-14(2)24-25/h3-11H,12H2,1-2H3,(H,23,26)/b18-11-. The maximum atomic E-state index is 12.5. The number of aromatic nitrogens is 3. The third kappa shape index (κ3) is 4.17. The number of benzene rings is 2. The highest BCUT2D eigenvalue weighted by Gasteiger charge is 2.10. The van der Waals surface area contributed by atoms with Crippen LogP contribution < -0.4 is 20.1 Å². The fourth-order valence-corrected chi connectivity index (χ4v) is 3.73. The van der Waals surface area contributed by atoms with Gasteiger partial charge in [-0.2, -0.15) is 4.52 Å². The average Bonchev–Trinajstić information content (AvgIpc) is 3.20. The predicted octanol–water partition coefficient (Wildman–Crippen LogP) is 2.33. The van der Waals surface area contributed by atoms with E-state index in [0.717, 1.165) is 5.56 Å². The Bertz CT molecular complexity index is 1290. The molecule has 0 aliphatic rings. The molecule has 1 N–H and O–H groups in total. The Morgan fingerprint density at radius 2 is 1.93 bits per heavy atom. The summed E-state index contributed by atoms with van der Waals surface area (Å²) in [7, 11) is 0. The van der Waals surface area contributed by atoms with Gasteiger partial charge in [0.25, 0.3) is 11.5 Å². The van der Waals surface area contributed by atoms with Crippen LogP contribution >= 0.6 is 11.3 Å². The van der Waals surface area contributed by atoms with Gasteiger partial charge in [-0.05, 0) is 38.1 Å². The molecule has 0 aliphatic heterocycles. The van der Waals surface area contributed by atoms with E-state index in [9.17, 15) is 9.59 Å². The van der Waals surface area contributed by atoms with E-state index >= 15 is 0 Å². The normalized spacial score (nSPS) is 11.7. The van der Waals surface area contributed by atoms with Crippen molar-refractivity contribution in [3.05, 3.63) is 80.4 Å². The summed E-state index contributed by atoms with van der Waals surface area (Å²) >= 11 is 1.26. The summed E-state index contributed by atoms with van der Waals surface area (Å²) in [5, 5.41) is 6.90. The van der Waals surface area contributed by atoms with Crippen molar-refractivity contribution in [2.24, 2.45) is 0 Å². The number of carbonyl (C=O) groups is 1. The number of hydrogen-bond acceptors (Lipinski definition) is 6. The first kappa shape index (κ1) is 18.8. The summed E-state index contributed by atoms with van der Waals surface area (Å²) in [5.74, 6) is 0.812. The van der Waals surface area contributed by atoms with Crippen LogP contribution in [0.25, 0.3) is 11.0 Å². The van der Waals surface area contributed by atoms with Crippen LogP contribution in [-0.2, 0) is 4.79 Å². The van der Waals surface area contributed by atoms with Crippen molar-refractivity contribution in [3.8, 4) is 5.75 Å². The Morgan fingerprint density at radius 1 is 1.17 bits per heavy atom. The Kier molecular flexibility index (Phi) is 5.09. The molecule has 0 saturated carbocycles. The summed E-state index contributed by atoms with van der Waals surface area (Å²) in [6.07, 6.45) is 1.73. The molecule has 0 saturated heterocycles. The van der Waals surface area contributed by atoms with Crippen molar-refractivity contribution in [1.82, 2.24) is 14.6 Å². The van der Waals surface area contributed by atoms with Gasteiger partial charge in [0.1, 0.15) is 11.6 Å². The Balaban J connectivity index is 1.53. The second-order valence-electron chi connectivity index (χ2n) is 6.51. The molecule has 2 aromatic heterocycles. The summed E-state index contributed by atoms with van der Waals surface area (Å²) in [6, 6.07) is 14.8. The summed E-state index contributed by atoms with van der Waals surface area (Å²) in [4.78, 5) is 29.5. The van der Waals surface area contributed by atoms with Crippen LogP contribution in [-0.4, -0.2) is 27.1 Å². The smallest absolute Gasteiger partial charge is 0.291 e. The monoisotopic (exact) mass is 406 g/mol. The van der Waals surface area contributed by atoms with Gasteiger partial charge < -0.3 is 10.1 Å². The van der Waals surface area contributed by atoms with Gasteiger partial charge in [0.2, 0.25) is 4.96 Å². The first-order valence-electron chi connectivity index (χ1n) is 8.96. The Morgan fingerprint density at radius 3 is 2.69 bits per heavy atom. The fraction of sp³-hybridized carbons (Fsp3) is 0.143. The second-order valence-corrected chi connectivity index (χ2v) is 7.52. The molecule has 4 aromatic rings. The van der Waals surface area contributed by atoms with Crippen LogP contribution in [0.15, 0.2) is 53.3 Å². The maximum Gasteiger partial charge on any atom is 0.291 e. The van der Waals surface area contributed by atoms with Crippen LogP contribution in [0.2, 0.25) is 0 Å². The van der Waals surface area contributed by atoms with Crippen LogP contribution in [0.4, 0.5) is 5.69 Å². The molecule has 29 heavy (non-hydrogen) atoms. The van der Waals surface area contributed by atoms with E-state index in [2.05, 4.69) is 15.4 Å². The van der Waals surface area contributed by atoms with Crippen LogP contribution in [0.1, 0.15) is 17.0 Å². The molecule has 0 spiro atoms. The summed E-state index contributed by atoms with van der Waals surface area (Å²) in [5.41, 5.74) is 2.31. The fourth-order valence-electron chi connectivity index (χ4n) is 2.78. The highest BCUT2D eigenvalue weighted by molar-refractivity contribution is 7.15. The SMILES string of the molecule is Cc1ccc(NC(=O)COc2ccccc2/C=c2\sc3nc(C)nn3c2=O)cc1. The number of fused-ring (bicyclic) bond motifs is 1. The molecule has 4 rings (SSSR count). The van der Waals surface area contributed by atoms with Gasteiger partial charge >= 0.3 is 0 Å². The molecule has 7 nitrogen and oxygen atoms in total. The van der Waals surface area contributed by atoms with Crippen LogP contribution in [0.3, 0.4) is 0 Å². The summed E-state index contributed by atoms with van der Waals surface area (Å²) < 4.78 is 7.50. The minimum atomic E-state index is -0.262. The molecule has 1 amide bonds. The average molecular weight is 406 g/mol. The van der Waals surface area contributed by atoms with E-state index < -0.39 is 0 Å². The Labute approximate surface area is 170 Å². The van der Waals surface area contributed by atoms with Crippen LogP contribution in [0, 0.1) is 13.8 Å². The molecule has 0 radical (unpaired) electrons. The van der Waals surface area contributed by atoms with Crippen molar-refractivity contribution < 1.29 is 9.53 Å². The lowest BCUT2D eigenvalue weighted by Crippen LogP contribution is -2.24. The van der Waals surface area contributed by atoms with Crippen molar-refractivity contribution >= 4 is 34.0 Å². The molecule has 2 heterocycles. The van der Waals surface area contributed by atoms with E-state index in [1.54, 1.807) is 19.1 Å². The van der Waals surface area contributed by atoms with Gasteiger partial charge in [0.05, 0.1) is 4.53 Å². The van der Waals surface area contributed by atoms with E-state index in [0.29, 0.717) is 32.3 Å². The van der Waals surface area contributed by atoms with Crippen molar-refractivity contribution in [1.29, 1.82) is 0 Å². The maximum absolute atomic E-state index is 12.5. The Hall–Kier alpha value is -3.52. The lowest BCUT2D eigenvalue weighted by atomic mass is 10.2. The van der Waals surface area contributed by atoms with E-state index in [1.165, 1.54) is 15.9 Å². The molecule has 0 bridgehead atoms. The third-order valence-corrected chi connectivity index (χ3v) is 5.15. The van der Waals surface area contributed by atoms with Gasteiger partial charge in [0.15, 0.2) is 6.61 Å². The van der Waals surface area contributed by atoms with Crippen LogP contribution in [0.5, 0.6) is 5.75 Å². The zero-order valence-corrected chi connectivity index (χ0v) is 16.7. The zero-order valence-electron chi connectivity index (χ0n) is 15.9. The van der Waals surface area contributed by atoms with Crippen molar-refractivity contribution in [2.75, 3.05) is 11.9 Å². The first-order chi connectivity index (χ1) is 14.0. The number of rotatable bonds is 5. The number of carbonyl (C=O) groups excluding carboxylic acids is 1. The summed E-state index contributed by atoms with van der Waals surface area (Å²) in [6.45, 7) is 3.59. The van der Waals surface area contributed by atoms with E-state index in [1.807, 2.05) is 49.4 Å². The van der Waals surface area contributed by atoms with Gasteiger partial charge in [0, 0.05) is 11.3 Å². The quantitative estimate of drug-likeness (QED) is 0.550. The molecule has 8 heteroatoms. The van der Waals surface area contributed by atoms with Gasteiger partial charge in [-0.1, -0.05) is 47.2 Å².